The van der Waals surface area contributed by atoms with Crippen molar-refractivity contribution in [3.05, 3.63) is 59.7 Å². The van der Waals surface area contributed by atoms with Crippen molar-refractivity contribution < 1.29 is 9.05 Å². The lowest BCUT2D eigenvalue weighted by Crippen LogP contribution is -2.12. The minimum atomic E-state index is -2.59. The van der Waals surface area contributed by atoms with Crippen molar-refractivity contribution >= 4 is 23.6 Å². The first-order chi connectivity index (χ1) is 10.1. The van der Waals surface area contributed by atoms with Gasteiger partial charge in [-0.15, -0.1) is 0 Å². The third-order valence-corrected chi connectivity index (χ3v) is 6.01. The Morgan fingerprint density at radius 3 is 2.24 bits per heavy atom. The van der Waals surface area contributed by atoms with Crippen LogP contribution in [0.25, 0.3) is 0 Å². The molecule has 0 aliphatic carbocycles. The normalized spacial score (nSPS) is 13.2. The van der Waals surface area contributed by atoms with E-state index < -0.39 is 6.49 Å². The molecule has 0 heterocycles. The molecule has 21 heavy (non-hydrogen) atoms. The minimum Gasteiger partial charge on any atom is -0.440 e. The second-order valence-corrected chi connectivity index (χ2v) is 7.87. The number of rotatable bonds is 5. The molecule has 0 aliphatic rings. The summed E-state index contributed by atoms with van der Waals surface area (Å²) in [7, 11) is 0. The summed E-state index contributed by atoms with van der Waals surface area (Å²) in [5.41, 5.74) is 1.75. The number of benzene rings is 2. The van der Waals surface area contributed by atoms with Crippen LogP contribution in [-0.4, -0.2) is 6.61 Å². The van der Waals surface area contributed by atoms with Crippen LogP contribution < -0.4 is 9.83 Å². The standard InChI is InChI=1S/C16H16NO2PS/c1-3-18-20(21,16-10-4-13(2)5-11-16)19-15-8-6-14(12-17)7-9-15/h4-11H,3H2,1-2H3. The Morgan fingerprint density at radius 2 is 1.71 bits per heavy atom. The molecule has 1 atom stereocenters. The van der Waals surface area contributed by atoms with Gasteiger partial charge in [0, 0.05) is 5.30 Å². The van der Waals surface area contributed by atoms with Crippen LogP contribution in [0.2, 0.25) is 0 Å². The Morgan fingerprint density at radius 1 is 1.10 bits per heavy atom. The number of nitriles is 1. The molecule has 2 aromatic rings. The van der Waals surface area contributed by atoms with Crippen molar-refractivity contribution in [3.63, 3.8) is 0 Å². The summed E-state index contributed by atoms with van der Waals surface area (Å²) < 4.78 is 11.7. The Kier molecular flexibility index (Phi) is 5.14. The zero-order chi connectivity index (χ0) is 15.3. The lowest BCUT2D eigenvalue weighted by molar-refractivity contribution is 0.339. The summed E-state index contributed by atoms with van der Waals surface area (Å²) in [6.45, 7) is 1.82. The molecule has 0 aliphatic heterocycles. The molecule has 108 valence electrons. The molecule has 0 radical (unpaired) electrons. The van der Waals surface area contributed by atoms with Gasteiger partial charge in [0.2, 0.25) is 0 Å². The van der Waals surface area contributed by atoms with Gasteiger partial charge in [-0.3, -0.25) is 0 Å². The molecule has 0 saturated carbocycles. The minimum absolute atomic E-state index is 0.488. The van der Waals surface area contributed by atoms with Gasteiger partial charge in [-0.2, -0.15) is 5.26 Å². The fourth-order valence-corrected chi connectivity index (χ4v) is 4.28. The van der Waals surface area contributed by atoms with Crippen LogP contribution in [0.3, 0.4) is 0 Å². The van der Waals surface area contributed by atoms with E-state index in [4.69, 9.17) is 26.1 Å². The van der Waals surface area contributed by atoms with E-state index in [0.29, 0.717) is 17.9 Å². The molecular weight excluding hydrogens is 301 g/mol. The average Bonchev–Trinajstić information content (AvgIpc) is 2.49. The number of nitrogens with zero attached hydrogens (tertiary/aromatic N) is 1. The van der Waals surface area contributed by atoms with Gasteiger partial charge in [0.15, 0.2) is 0 Å². The van der Waals surface area contributed by atoms with Gasteiger partial charge < -0.3 is 9.05 Å². The van der Waals surface area contributed by atoms with E-state index in [1.165, 1.54) is 0 Å². The number of hydrogen-bond acceptors (Lipinski definition) is 4. The zero-order valence-corrected chi connectivity index (χ0v) is 13.7. The molecule has 2 rings (SSSR count). The maximum atomic E-state index is 8.82. The predicted molar refractivity (Wildman–Crippen MR) is 88.5 cm³/mol. The van der Waals surface area contributed by atoms with Crippen molar-refractivity contribution in [2.45, 2.75) is 13.8 Å². The van der Waals surface area contributed by atoms with Crippen molar-refractivity contribution in [3.8, 4) is 11.8 Å². The summed E-state index contributed by atoms with van der Waals surface area (Å²) in [6.07, 6.45) is 0. The molecule has 0 fully saturated rings. The lowest BCUT2D eigenvalue weighted by atomic mass is 10.2. The first kappa shape index (κ1) is 15.7. The highest BCUT2D eigenvalue weighted by Crippen LogP contribution is 2.47. The quantitative estimate of drug-likeness (QED) is 0.784. The monoisotopic (exact) mass is 317 g/mol. The van der Waals surface area contributed by atoms with Crippen LogP contribution in [0.1, 0.15) is 18.1 Å². The van der Waals surface area contributed by atoms with Crippen molar-refractivity contribution in [1.29, 1.82) is 5.26 Å². The van der Waals surface area contributed by atoms with Crippen LogP contribution in [0.4, 0.5) is 0 Å². The third kappa shape index (κ3) is 3.92. The smallest absolute Gasteiger partial charge is 0.269 e. The fraction of sp³-hybridized carbons (Fsp3) is 0.188. The number of aryl methyl sites for hydroxylation is 1. The van der Waals surface area contributed by atoms with E-state index in [1.54, 1.807) is 24.3 Å². The zero-order valence-electron chi connectivity index (χ0n) is 11.9. The topological polar surface area (TPSA) is 42.2 Å². The summed E-state index contributed by atoms with van der Waals surface area (Å²) >= 11 is 5.66. The molecule has 0 saturated heterocycles. The van der Waals surface area contributed by atoms with Gasteiger partial charge in [0.25, 0.3) is 6.49 Å². The predicted octanol–water partition coefficient (Wildman–Crippen LogP) is 3.92. The summed E-state index contributed by atoms with van der Waals surface area (Å²) in [6, 6.07) is 16.9. The summed E-state index contributed by atoms with van der Waals surface area (Å²) in [5, 5.41) is 9.70. The SMILES string of the molecule is CCOP(=S)(Oc1ccc(C#N)cc1)c1ccc(C)cc1. The van der Waals surface area contributed by atoms with Gasteiger partial charge in [-0.05, 0) is 62.1 Å². The van der Waals surface area contributed by atoms with Crippen LogP contribution in [-0.2, 0) is 16.3 Å². The third-order valence-electron chi connectivity index (χ3n) is 2.86. The van der Waals surface area contributed by atoms with Gasteiger partial charge in [0.05, 0.1) is 18.2 Å². The molecule has 0 aromatic heterocycles. The second kappa shape index (κ2) is 6.87. The molecule has 1 unspecified atom stereocenters. The van der Waals surface area contributed by atoms with Crippen LogP contribution >= 0.6 is 6.49 Å². The maximum Gasteiger partial charge on any atom is 0.269 e. The molecule has 0 amide bonds. The highest BCUT2D eigenvalue weighted by molar-refractivity contribution is 8.13. The van der Waals surface area contributed by atoms with E-state index in [-0.39, 0.29) is 0 Å². The van der Waals surface area contributed by atoms with Gasteiger partial charge >= 0.3 is 0 Å². The van der Waals surface area contributed by atoms with Gasteiger partial charge in [-0.25, -0.2) is 0 Å². The fourth-order valence-electron chi connectivity index (χ4n) is 1.78. The molecule has 0 spiro atoms. The van der Waals surface area contributed by atoms with Gasteiger partial charge in [-0.1, -0.05) is 17.7 Å². The van der Waals surface area contributed by atoms with Crippen LogP contribution in [0.15, 0.2) is 48.5 Å². The molecule has 3 nitrogen and oxygen atoms in total. The van der Waals surface area contributed by atoms with Crippen molar-refractivity contribution in [1.82, 2.24) is 0 Å². The van der Waals surface area contributed by atoms with Crippen molar-refractivity contribution in [2.24, 2.45) is 0 Å². The molecule has 2 aromatic carbocycles. The summed E-state index contributed by atoms with van der Waals surface area (Å²) in [4.78, 5) is 0. The molecular formula is C16H16NO2PS. The maximum absolute atomic E-state index is 8.82. The molecule has 0 N–H and O–H groups in total. The highest BCUT2D eigenvalue weighted by atomic mass is 32.5. The van der Waals surface area contributed by atoms with Crippen LogP contribution in [0, 0.1) is 18.3 Å². The second-order valence-electron chi connectivity index (χ2n) is 4.48. The lowest BCUT2D eigenvalue weighted by Gasteiger charge is -2.23. The van der Waals surface area contributed by atoms with E-state index in [1.807, 2.05) is 38.1 Å². The Balaban J connectivity index is 2.31. The van der Waals surface area contributed by atoms with E-state index in [9.17, 15) is 0 Å². The largest absolute Gasteiger partial charge is 0.440 e. The molecule has 5 heteroatoms. The van der Waals surface area contributed by atoms with Crippen molar-refractivity contribution in [2.75, 3.05) is 6.61 Å². The highest BCUT2D eigenvalue weighted by Gasteiger charge is 2.23. The number of hydrogen-bond donors (Lipinski definition) is 0. The van der Waals surface area contributed by atoms with Gasteiger partial charge in [0.1, 0.15) is 5.75 Å². The average molecular weight is 317 g/mol. The Bertz CT molecular complexity index is 690. The van der Waals surface area contributed by atoms with E-state index >= 15 is 0 Å². The van der Waals surface area contributed by atoms with E-state index in [2.05, 4.69) is 6.07 Å². The van der Waals surface area contributed by atoms with E-state index in [0.717, 1.165) is 10.9 Å². The summed E-state index contributed by atoms with van der Waals surface area (Å²) in [5.74, 6) is 0.617. The van der Waals surface area contributed by atoms with Crippen LogP contribution in [0.5, 0.6) is 5.75 Å². The first-order valence-corrected chi connectivity index (χ1v) is 9.23. The Hall–Kier alpha value is -1.66. The first-order valence-electron chi connectivity index (χ1n) is 6.59. The molecule has 0 bridgehead atoms. The Labute approximate surface area is 130 Å².